The lowest BCUT2D eigenvalue weighted by atomic mass is 10.2. The first-order valence-corrected chi connectivity index (χ1v) is 6.10. The molecular formula is C12H16Cl2N3O+. The van der Waals surface area contributed by atoms with E-state index in [1.807, 2.05) is 21.1 Å². The van der Waals surface area contributed by atoms with Gasteiger partial charge in [-0.25, -0.2) is 4.59 Å². The maximum Gasteiger partial charge on any atom is 0.259 e. The van der Waals surface area contributed by atoms with E-state index >= 15 is 0 Å². The number of carbonyl (C=O) groups is 1. The first kappa shape index (κ1) is 15.0. The van der Waals surface area contributed by atoms with Crippen LogP contribution in [0.25, 0.3) is 0 Å². The third kappa shape index (κ3) is 4.29. The van der Waals surface area contributed by atoms with Crippen LogP contribution < -0.4 is 5.32 Å². The van der Waals surface area contributed by atoms with E-state index in [0.29, 0.717) is 20.5 Å². The largest absolute Gasteiger partial charge is 0.306 e. The lowest BCUT2D eigenvalue weighted by Crippen LogP contribution is -2.35. The molecule has 18 heavy (non-hydrogen) atoms. The monoisotopic (exact) mass is 288 g/mol. The second kappa shape index (κ2) is 5.69. The third-order valence-corrected chi connectivity index (χ3v) is 2.56. The summed E-state index contributed by atoms with van der Waals surface area (Å²) in [6, 6.07) is 4.93. The number of nitrogens with zero attached hydrogens (tertiary/aromatic N) is 2. The standard InChI is InChI=1S/C12H15Cl2N3O/c1-8(16-17(2,3)4)15-12(18)11-9(13)6-5-7-10(11)14/h5-7H,1-4H3/p+1. The van der Waals surface area contributed by atoms with Crippen molar-refractivity contribution < 1.29 is 9.39 Å². The van der Waals surface area contributed by atoms with Gasteiger partial charge in [0, 0.05) is 0 Å². The molecule has 0 saturated carbocycles. The van der Waals surface area contributed by atoms with Gasteiger partial charge in [-0.1, -0.05) is 34.4 Å². The van der Waals surface area contributed by atoms with Gasteiger partial charge in [-0.05, 0) is 19.1 Å². The van der Waals surface area contributed by atoms with Crippen LogP contribution in [-0.2, 0) is 0 Å². The van der Waals surface area contributed by atoms with Gasteiger partial charge in [0.2, 0.25) is 0 Å². The number of rotatable bonds is 2. The van der Waals surface area contributed by atoms with Crippen LogP contribution in [0.4, 0.5) is 0 Å². The predicted octanol–water partition coefficient (Wildman–Crippen LogP) is 2.76. The maximum atomic E-state index is 12.0. The van der Waals surface area contributed by atoms with Crippen molar-refractivity contribution in [2.24, 2.45) is 5.10 Å². The molecule has 0 aliphatic carbocycles. The minimum absolute atomic E-state index is 0.261. The highest BCUT2D eigenvalue weighted by atomic mass is 35.5. The lowest BCUT2D eigenvalue weighted by Gasteiger charge is -2.16. The summed E-state index contributed by atoms with van der Waals surface area (Å²) in [5.41, 5.74) is 0.261. The van der Waals surface area contributed by atoms with Crippen molar-refractivity contribution in [2.75, 3.05) is 21.1 Å². The third-order valence-electron chi connectivity index (χ3n) is 1.93. The molecule has 0 heterocycles. The second-order valence-electron chi connectivity index (χ2n) is 4.68. The Labute approximate surface area is 117 Å². The van der Waals surface area contributed by atoms with Gasteiger partial charge in [0.25, 0.3) is 5.91 Å². The van der Waals surface area contributed by atoms with E-state index in [1.54, 1.807) is 25.1 Å². The van der Waals surface area contributed by atoms with Crippen molar-refractivity contribution in [3.63, 3.8) is 0 Å². The summed E-state index contributed by atoms with van der Waals surface area (Å²) in [4.78, 5) is 12.0. The summed E-state index contributed by atoms with van der Waals surface area (Å²) < 4.78 is 0.363. The van der Waals surface area contributed by atoms with Crippen molar-refractivity contribution in [3.8, 4) is 0 Å². The van der Waals surface area contributed by atoms with Crippen LogP contribution >= 0.6 is 23.2 Å². The lowest BCUT2D eigenvalue weighted by molar-refractivity contribution is -0.877. The highest BCUT2D eigenvalue weighted by Crippen LogP contribution is 2.23. The van der Waals surface area contributed by atoms with Crippen molar-refractivity contribution in [3.05, 3.63) is 33.8 Å². The molecule has 0 aromatic heterocycles. The summed E-state index contributed by atoms with van der Waals surface area (Å²) in [6.07, 6.45) is 0. The van der Waals surface area contributed by atoms with E-state index in [4.69, 9.17) is 23.2 Å². The molecule has 0 aliphatic heterocycles. The molecular weight excluding hydrogens is 273 g/mol. The maximum absolute atomic E-state index is 12.0. The van der Waals surface area contributed by atoms with Crippen molar-refractivity contribution in [2.45, 2.75) is 6.92 Å². The molecule has 0 aliphatic rings. The number of halogens is 2. The Balaban J connectivity index is 2.94. The molecule has 98 valence electrons. The zero-order valence-electron chi connectivity index (χ0n) is 10.8. The number of nitrogens with one attached hydrogen (secondary N) is 1. The molecule has 0 spiro atoms. The highest BCUT2D eigenvalue weighted by molar-refractivity contribution is 6.40. The van der Waals surface area contributed by atoms with E-state index in [-0.39, 0.29) is 11.5 Å². The number of quaternary nitrogens is 1. The van der Waals surface area contributed by atoms with Crippen LogP contribution in [0.5, 0.6) is 0 Å². The van der Waals surface area contributed by atoms with Crippen molar-refractivity contribution in [1.29, 1.82) is 0 Å². The molecule has 1 rings (SSSR count). The number of amidine groups is 1. The van der Waals surface area contributed by atoms with E-state index in [9.17, 15) is 4.79 Å². The van der Waals surface area contributed by atoms with Gasteiger partial charge >= 0.3 is 0 Å². The predicted molar refractivity (Wildman–Crippen MR) is 75.1 cm³/mol. The second-order valence-corrected chi connectivity index (χ2v) is 5.49. The summed E-state index contributed by atoms with van der Waals surface area (Å²) in [7, 11) is 5.66. The van der Waals surface area contributed by atoms with Crippen molar-refractivity contribution >= 4 is 34.9 Å². The Kier molecular flexibility index (Phi) is 4.73. The summed E-state index contributed by atoms with van der Waals surface area (Å²) >= 11 is 11.9. The molecule has 0 atom stereocenters. The minimum Gasteiger partial charge on any atom is -0.306 e. The molecule has 0 radical (unpaired) electrons. The first-order valence-electron chi connectivity index (χ1n) is 5.34. The van der Waals surface area contributed by atoms with Gasteiger partial charge < -0.3 is 5.32 Å². The van der Waals surface area contributed by atoms with Gasteiger partial charge in [-0.3, -0.25) is 4.79 Å². The number of carbonyl (C=O) groups excluding carboxylic acids is 1. The van der Waals surface area contributed by atoms with Gasteiger partial charge in [0.15, 0.2) is 5.84 Å². The van der Waals surface area contributed by atoms with E-state index < -0.39 is 0 Å². The Hall–Kier alpha value is -1.10. The molecule has 4 nitrogen and oxygen atoms in total. The average molecular weight is 289 g/mol. The Morgan fingerprint density at radius 3 is 2.17 bits per heavy atom. The topological polar surface area (TPSA) is 41.5 Å². The van der Waals surface area contributed by atoms with Crippen molar-refractivity contribution in [1.82, 2.24) is 5.32 Å². The Morgan fingerprint density at radius 2 is 1.72 bits per heavy atom. The summed E-state index contributed by atoms with van der Waals surface area (Å²) in [5, 5.41) is 7.57. The summed E-state index contributed by atoms with van der Waals surface area (Å²) in [5.74, 6) is 0.142. The highest BCUT2D eigenvalue weighted by Gasteiger charge is 2.16. The normalized spacial score (nSPS) is 12.4. The Bertz CT molecular complexity index is 472. The number of hydrogen-bond acceptors (Lipinski definition) is 2. The smallest absolute Gasteiger partial charge is 0.259 e. The molecule has 0 unspecified atom stereocenters. The zero-order chi connectivity index (χ0) is 13.9. The quantitative estimate of drug-likeness (QED) is 0.387. The molecule has 0 bridgehead atoms. The van der Waals surface area contributed by atoms with Gasteiger partial charge in [-0.2, -0.15) is 0 Å². The molecule has 0 fully saturated rings. The Morgan fingerprint density at radius 1 is 1.22 bits per heavy atom. The van der Waals surface area contributed by atoms with Crippen LogP contribution in [0.3, 0.4) is 0 Å². The van der Waals surface area contributed by atoms with E-state index in [0.717, 1.165) is 0 Å². The van der Waals surface area contributed by atoms with Crippen LogP contribution in [-0.4, -0.2) is 37.5 Å². The molecule has 6 heteroatoms. The number of amides is 1. The molecule has 1 aromatic rings. The number of benzene rings is 1. The average Bonchev–Trinajstić information content (AvgIpc) is 2.13. The van der Waals surface area contributed by atoms with Gasteiger partial charge in [-0.15, -0.1) is 0 Å². The number of hydrogen-bond donors (Lipinski definition) is 1. The zero-order valence-corrected chi connectivity index (χ0v) is 12.3. The van der Waals surface area contributed by atoms with E-state index in [1.165, 1.54) is 0 Å². The van der Waals surface area contributed by atoms with Crippen LogP contribution in [0.2, 0.25) is 10.0 Å². The molecule has 1 amide bonds. The van der Waals surface area contributed by atoms with Crippen LogP contribution in [0, 0.1) is 0 Å². The molecule has 1 aromatic carbocycles. The first-order chi connectivity index (χ1) is 8.20. The van der Waals surface area contributed by atoms with Crippen LogP contribution in [0.1, 0.15) is 17.3 Å². The minimum atomic E-state index is -0.361. The fourth-order valence-electron chi connectivity index (χ4n) is 1.42. The fraction of sp³-hybridized carbons (Fsp3) is 0.333. The summed E-state index contributed by atoms with van der Waals surface area (Å²) in [6.45, 7) is 1.71. The fourth-order valence-corrected chi connectivity index (χ4v) is 1.99. The van der Waals surface area contributed by atoms with E-state index in [2.05, 4.69) is 10.4 Å². The molecule has 1 N–H and O–H groups in total. The SMILES string of the molecule is C/C(=N\[N+](C)(C)C)NC(=O)c1c(Cl)cccc1Cl. The van der Waals surface area contributed by atoms with Gasteiger partial charge in [0.1, 0.15) is 0 Å². The van der Waals surface area contributed by atoms with Crippen LogP contribution in [0.15, 0.2) is 23.3 Å². The molecule has 0 saturated heterocycles. The van der Waals surface area contributed by atoms with Gasteiger partial charge in [0.05, 0.1) is 36.8 Å².